The number of rotatable bonds is 5. The summed E-state index contributed by atoms with van der Waals surface area (Å²) in [5, 5.41) is 10.9. The van der Waals surface area contributed by atoms with Crippen LogP contribution in [-0.2, 0) is 9.53 Å². The molecule has 104 valence electrons. The predicted octanol–water partition coefficient (Wildman–Crippen LogP) is 2.83. The van der Waals surface area contributed by atoms with Gasteiger partial charge in [-0.1, -0.05) is 11.6 Å². The SMILES string of the molecule is COC(=O)C(C)(C)COc1cc([N+](=O)[O-])ccc1Cl. The van der Waals surface area contributed by atoms with Crippen molar-refractivity contribution in [3.8, 4) is 5.75 Å². The van der Waals surface area contributed by atoms with Gasteiger partial charge in [0.2, 0.25) is 0 Å². The van der Waals surface area contributed by atoms with Crippen LogP contribution < -0.4 is 4.74 Å². The molecule has 0 atom stereocenters. The molecule has 0 N–H and O–H groups in total. The zero-order chi connectivity index (χ0) is 14.6. The zero-order valence-electron chi connectivity index (χ0n) is 10.8. The minimum atomic E-state index is -0.872. The Morgan fingerprint density at radius 2 is 2.11 bits per heavy atom. The number of hydrogen-bond donors (Lipinski definition) is 0. The minimum absolute atomic E-state index is 0.000557. The molecule has 1 rings (SSSR count). The van der Waals surface area contributed by atoms with E-state index in [2.05, 4.69) is 4.74 Å². The number of esters is 1. The Balaban J connectivity index is 2.85. The van der Waals surface area contributed by atoms with Gasteiger partial charge in [-0.2, -0.15) is 0 Å². The summed E-state index contributed by atoms with van der Waals surface area (Å²) in [5.41, 5.74) is -1.00. The van der Waals surface area contributed by atoms with E-state index < -0.39 is 16.3 Å². The summed E-state index contributed by atoms with van der Waals surface area (Å²) in [6, 6.07) is 3.87. The number of nitro groups is 1. The lowest BCUT2D eigenvalue weighted by Gasteiger charge is -2.21. The molecule has 1 aromatic rings. The summed E-state index contributed by atoms with van der Waals surface area (Å²) in [6.07, 6.45) is 0. The predicted molar refractivity (Wildman–Crippen MR) is 69.4 cm³/mol. The van der Waals surface area contributed by atoms with Crippen LogP contribution in [0.5, 0.6) is 5.75 Å². The smallest absolute Gasteiger partial charge is 0.314 e. The fourth-order valence-electron chi connectivity index (χ4n) is 1.31. The van der Waals surface area contributed by atoms with Crippen molar-refractivity contribution in [3.63, 3.8) is 0 Å². The molecule has 0 saturated carbocycles. The van der Waals surface area contributed by atoms with Gasteiger partial charge in [0, 0.05) is 6.07 Å². The highest BCUT2D eigenvalue weighted by Crippen LogP contribution is 2.30. The number of non-ortho nitro benzene ring substituents is 1. The molecular formula is C12H14ClNO5. The monoisotopic (exact) mass is 287 g/mol. The lowest BCUT2D eigenvalue weighted by atomic mass is 9.95. The van der Waals surface area contributed by atoms with Crippen LogP contribution in [0.2, 0.25) is 5.02 Å². The van der Waals surface area contributed by atoms with Gasteiger partial charge in [0.25, 0.3) is 5.69 Å². The second-order valence-electron chi connectivity index (χ2n) is 4.54. The maximum atomic E-state index is 11.5. The maximum absolute atomic E-state index is 11.5. The van der Waals surface area contributed by atoms with Crippen molar-refractivity contribution in [2.24, 2.45) is 5.41 Å². The zero-order valence-corrected chi connectivity index (χ0v) is 11.6. The number of nitrogens with zero attached hydrogens (tertiary/aromatic N) is 1. The van der Waals surface area contributed by atoms with Gasteiger partial charge in [-0.15, -0.1) is 0 Å². The Labute approximate surface area is 115 Å². The Morgan fingerprint density at radius 3 is 2.63 bits per heavy atom. The lowest BCUT2D eigenvalue weighted by Crippen LogP contribution is -2.32. The van der Waals surface area contributed by atoms with Crippen molar-refractivity contribution < 1.29 is 19.2 Å². The van der Waals surface area contributed by atoms with Gasteiger partial charge >= 0.3 is 5.97 Å². The van der Waals surface area contributed by atoms with E-state index in [9.17, 15) is 14.9 Å². The molecule has 0 aliphatic heterocycles. The highest BCUT2D eigenvalue weighted by molar-refractivity contribution is 6.32. The number of ether oxygens (including phenoxy) is 2. The van der Waals surface area contributed by atoms with Gasteiger partial charge < -0.3 is 9.47 Å². The van der Waals surface area contributed by atoms with Crippen LogP contribution in [0.3, 0.4) is 0 Å². The molecule has 0 spiro atoms. The van der Waals surface area contributed by atoms with Gasteiger partial charge in [0.1, 0.15) is 12.4 Å². The average Bonchev–Trinajstić information content (AvgIpc) is 2.36. The quantitative estimate of drug-likeness (QED) is 0.473. The van der Waals surface area contributed by atoms with E-state index in [0.29, 0.717) is 0 Å². The second-order valence-corrected chi connectivity index (χ2v) is 4.94. The standard InChI is InChI=1S/C12H14ClNO5/c1-12(2,11(15)18-3)7-19-10-6-8(14(16)17)4-5-9(10)13/h4-6H,7H2,1-3H3. The van der Waals surface area contributed by atoms with Crippen molar-refractivity contribution in [2.45, 2.75) is 13.8 Å². The summed E-state index contributed by atoms with van der Waals surface area (Å²) >= 11 is 5.88. The van der Waals surface area contributed by atoms with E-state index in [0.717, 1.165) is 0 Å². The number of hydrogen-bond acceptors (Lipinski definition) is 5. The first-order valence-electron chi connectivity index (χ1n) is 5.43. The molecule has 1 aromatic carbocycles. The number of halogens is 1. The Morgan fingerprint density at radius 1 is 1.47 bits per heavy atom. The van der Waals surface area contributed by atoms with E-state index >= 15 is 0 Å². The lowest BCUT2D eigenvalue weighted by molar-refractivity contribution is -0.384. The number of benzene rings is 1. The Kier molecular flexibility index (Phi) is 4.72. The average molecular weight is 288 g/mol. The Hall–Kier alpha value is -1.82. The van der Waals surface area contributed by atoms with E-state index in [1.54, 1.807) is 13.8 Å². The number of carbonyl (C=O) groups excluding carboxylic acids is 1. The van der Waals surface area contributed by atoms with Gasteiger partial charge in [-0.25, -0.2) is 0 Å². The normalized spacial score (nSPS) is 10.9. The van der Waals surface area contributed by atoms with Crippen molar-refractivity contribution in [1.82, 2.24) is 0 Å². The summed E-state index contributed by atoms with van der Waals surface area (Å²) in [7, 11) is 1.28. The summed E-state index contributed by atoms with van der Waals surface area (Å²) in [5.74, 6) is -0.276. The van der Waals surface area contributed by atoms with Crippen LogP contribution in [0, 0.1) is 15.5 Å². The maximum Gasteiger partial charge on any atom is 0.314 e. The largest absolute Gasteiger partial charge is 0.491 e. The highest BCUT2D eigenvalue weighted by atomic mass is 35.5. The molecule has 0 fully saturated rings. The molecule has 0 amide bonds. The highest BCUT2D eigenvalue weighted by Gasteiger charge is 2.30. The van der Waals surface area contributed by atoms with Gasteiger partial charge in [-0.05, 0) is 19.9 Å². The molecule has 0 aliphatic carbocycles. The van der Waals surface area contributed by atoms with Crippen LogP contribution in [0.25, 0.3) is 0 Å². The van der Waals surface area contributed by atoms with Crippen molar-refractivity contribution >= 4 is 23.3 Å². The molecule has 19 heavy (non-hydrogen) atoms. The van der Waals surface area contributed by atoms with Crippen molar-refractivity contribution in [1.29, 1.82) is 0 Å². The first kappa shape index (κ1) is 15.2. The summed E-state index contributed by atoms with van der Waals surface area (Å²) in [4.78, 5) is 21.6. The van der Waals surface area contributed by atoms with Crippen LogP contribution >= 0.6 is 11.6 Å². The first-order chi connectivity index (χ1) is 8.77. The molecular weight excluding hydrogens is 274 g/mol. The third-order valence-corrected chi connectivity index (χ3v) is 2.76. The molecule has 0 heterocycles. The fraction of sp³-hybridized carbons (Fsp3) is 0.417. The molecule has 0 aromatic heterocycles. The van der Waals surface area contributed by atoms with Crippen LogP contribution in [0.4, 0.5) is 5.69 Å². The van der Waals surface area contributed by atoms with Crippen molar-refractivity contribution in [3.05, 3.63) is 33.3 Å². The molecule has 6 nitrogen and oxygen atoms in total. The van der Waals surface area contributed by atoms with Crippen LogP contribution in [0.1, 0.15) is 13.8 Å². The fourth-order valence-corrected chi connectivity index (χ4v) is 1.48. The van der Waals surface area contributed by atoms with E-state index in [-0.39, 0.29) is 23.1 Å². The Bertz CT molecular complexity index is 501. The van der Waals surface area contributed by atoms with Gasteiger partial charge in [-0.3, -0.25) is 14.9 Å². The minimum Gasteiger partial charge on any atom is -0.491 e. The number of carbonyl (C=O) groups is 1. The third-order valence-electron chi connectivity index (χ3n) is 2.45. The topological polar surface area (TPSA) is 78.7 Å². The number of methoxy groups -OCH3 is 1. The second kappa shape index (κ2) is 5.88. The molecule has 0 saturated heterocycles. The molecule has 0 bridgehead atoms. The number of nitro benzene ring substituents is 1. The summed E-state index contributed by atoms with van der Waals surface area (Å²) in [6.45, 7) is 3.29. The molecule has 0 aliphatic rings. The van der Waals surface area contributed by atoms with Crippen LogP contribution in [-0.4, -0.2) is 24.6 Å². The van der Waals surface area contributed by atoms with E-state index in [4.69, 9.17) is 16.3 Å². The molecule has 0 radical (unpaired) electrons. The molecule has 7 heteroatoms. The van der Waals surface area contributed by atoms with E-state index in [1.165, 1.54) is 25.3 Å². The van der Waals surface area contributed by atoms with Gasteiger partial charge in [0.15, 0.2) is 0 Å². The van der Waals surface area contributed by atoms with Crippen LogP contribution in [0.15, 0.2) is 18.2 Å². The first-order valence-corrected chi connectivity index (χ1v) is 5.81. The summed E-state index contributed by atoms with van der Waals surface area (Å²) < 4.78 is 10.0. The van der Waals surface area contributed by atoms with Gasteiger partial charge in [0.05, 0.1) is 28.5 Å². The van der Waals surface area contributed by atoms with E-state index in [1.807, 2.05) is 0 Å². The third kappa shape index (κ3) is 3.82. The molecule has 0 unspecified atom stereocenters. The van der Waals surface area contributed by atoms with Crippen molar-refractivity contribution in [2.75, 3.05) is 13.7 Å².